The van der Waals surface area contributed by atoms with Crippen LogP contribution in [0.5, 0.6) is 5.75 Å². The molecule has 0 spiro atoms. The summed E-state index contributed by atoms with van der Waals surface area (Å²) in [7, 11) is 3.96. The van der Waals surface area contributed by atoms with Crippen molar-refractivity contribution < 1.29 is 4.74 Å². The van der Waals surface area contributed by atoms with Crippen LogP contribution in [-0.4, -0.2) is 38.7 Å². The van der Waals surface area contributed by atoms with Crippen molar-refractivity contribution in [3.8, 4) is 5.75 Å². The largest absolute Gasteiger partial charge is 0.496 e. The molecule has 21 heavy (non-hydrogen) atoms. The SMILES string of the molecule is CCCCCN(C)CC(NCCC)c1ccccc1OC. The van der Waals surface area contributed by atoms with Crippen LogP contribution in [0, 0.1) is 0 Å². The molecule has 1 atom stereocenters. The summed E-state index contributed by atoms with van der Waals surface area (Å²) in [5.41, 5.74) is 1.26. The molecule has 1 aromatic rings. The highest BCUT2D eigenvalue weighted by molar-refractivity contribution is 5.36. The van der Waals surface area contributed by atoms with Crippen molar-refractivity contribution in [1.29, 1.82) is 0 Å². The summed E-state index contributed by atoms with van der Waals surface area (Å²) in [5.74, 6) is 0.980. The van der Waals surface area contributed by atoms with Gasteiger partial charge in [-0.15, -0.1) is 0 Å². The first kappa shape index (κ1) is 18.0. The van der Waals surface area contributed by atoms with Crippen LogP contribution in [0.4, 0.5) is 0 Å². The van der Waals surface area contributed by atoms with E-state index in [1.807, 2.05) is 12.1 Å². The van der Waals surface area contributed by atoms with E-state index < -0.39 is 0 Å². The molecule has 0 heterocycles. The molecule has 0 aliphatic heterocycles. The van der Waals surface area contributed by atoms with Gasteiger partial charge in [0.25, 0.3) is 0 Å². The molecule has 0 aliphatic rings. The molecule has 0 bridgehead atoms. The van der Waals surface area contributed by atoms with Crippen LogP contribution in [0.1, 0.15) is 51.1 Å². The lowest BCUT2D eigenvalue weighted by atomic mass is 10.0. The number of nitrogens with zero attached hydrogens (tertiary/aromatic N) is 1. The molecule has 3 nitrogen and oxygen atoms in total. The highest BCUT2D eigenvalue weighted by Crippen LogP contribution is 2.25. The second-order valence-corrected chi connectivity index (χ2v) is 5.72. The van der Waals surface area contributed by atoms with E-state index in [1.165, 1.54) is 24.8 Å². The summed E-state index contributed by atoms with van der Waals surface area (Å²) >= 11 is 0. The Morgan fingerprint density at radius 3 is 2.57 bits per heavy atom. The molecule has 1 rings (SSSR count). The van der Waals surface area contributed by atoms with Crippen molar-refractivity contribution in [2.45, 2.75) is 45.6 Å². The second-order valence-electron chi connectivity index (χ2n) is 5.72. The molecule has 0 saturated heterocycles. The quantitative estimate of drug-likeness (QED) is 0.627. The maximum absolute atomic E-state index is 5.53. The Morgan fingerprint density at radius 2 is 1.90 bits per heavy atom. The lowest BCUT2D eigenvalue weighted by Crippen LogP contribution is -2.34. The van der Waals surface area contributed by atoms with Crippen molar-refractivity contribution in [3.63, 3.8) is 0 Å². The number of ether oxygens (including phenoxy) is 1. The van der Waals surface area contributed by atoms with Crippen LogP contribution in [-0.2, 0) is 0 Å². The molecule has 1 unspecified atom stereocenters. The molecular weight excluding hydrogens is 260 g/mol. The molecule has 0 aliphatic carbocycles. The van der Waals surface area contributed by atoms with Crippen LogP contribution in [0.2, 0.25) is 0 Å². The Kier molecular flexibility index (Phi) is 9.11. The minimum atomic E-state index is 0.327. The number of rotatable bonds is 11. The number of benzene rings is 1. The first-order valence-corrected chi connectivity index (χ1v) is 8.27. The first-order valence-electron chi connectivity index (χ1n) is 8.27. The minimum Gasteiger partial charge on any atom is -0.496 e. The Bertz CT molecular complexity index is 381. The van der Waals surface area contributed by atoms with Gasteiger partial charge in [-0.3, -0.25) is 0 Å². The number of methoxy groups -OCH3 is 1. The van der Waals surface area contributed by atoms with Gasteiger partial charge in [-0.1, -0.05) is 44.9 Å². The van der Waals surface area contributed by atoms with Crippen LogP contribution >= 0.6 is 0 Å². The minimum absolute atomic E-state index is 0.327. The summed E-state index contributed by atoms with van der Waals surface area (Å²) in [4.78, 5) is 2.43. The van der Waals surface area contributed by atoms with Gasteiger partial charge in [0.05, 0.1) is 7.11 Å². The van der Waals surface area contributed by atoms with Crippen LogP contribution in [0.25, 0.3) is 0 Å². The van der Waals surface area contributed by atoms with E-state index in [0.29, 0.717) is 6.04 Å². The maximum atomic E-state index is 5.53. The predicted octanol–water partition coefficient (Wildman–Crippen LogP) is 3.86. The van der Waals surface area contributed by atoms with Gasteiger partial charge in [0.1, 0.15) is 5.75 Å². The predicted molar refractivity (Wildman–Crippen MR) is 91.1 cm³/mol. The molecule has 3 heteroatoms. The Balaban J connectivity index is 2.70. The van der Waals surface area contributed by atoms with Gasteiger partial charge in [-0.2, -0.15) is 0 Å². The number of unbranched alkanes of at least 4 members (excludes halogenated alkanes) is 2. The van der Waals surface area contributed by atoms with Gasteiger partial charge >= 0.3 is 0 Å². The van der Waals surface area contributed by atoms with Crippen molar-refractivity contribution in [1.82, 2.24) is 10.2 Å². The van der Waals surface area contributed by atoms with Gasteiger partial charge < -0.3 is 15.0 Å². The van der Waals surface area contributed by atoms with Crippen molar-refractivity contribution in [2.75, 3.05) is 33.8 Å². The van der Waals surface area contributed by atoms with Gasteiger partial charge in [0.15, 0.2) is 0 Å². The van der Waals surface area contributed by atoms with E-state index in [-0.39, 0.29) is 0 Å². The average molecular weight is 292 g/mol. The van der Waals surface area contributed by atoms with Gasteiger partial charge in [-0.05, 0) is 39.0 Å². The topological polar surface area (TPSA) is 24.5 Å². The average Bonchev–Trinajstić information content (AvgIpc) is 2.51. The van der Waals surface area contributed by atoms with E-state index in [9.17, 15) is 0 Å². The number of hydrogen-bond donors (Lipinski definition) is 1. The monoisotopic (exact) mass is 292 g/mol. The van der Waals surface area contributed by atoms with Crippen molar-refractivity contribution in [2.24, 2.45) is 0 Å². The fraction of sp³-hybridized carbons (Fsp3) is 0.667. The summed E-state index contributed by atoms with van der Waals surface area (Å²) in [6, 6.07) is 8.67. The molecule has 1 aromatic carbocycles. The molecule has 0 amide bonds. The Labute approximate surface area is 130 Å². The van der Waals surface area contributed by atoms with E-state index >= 15 is 0 Å². The normalized spacial score (nSPS) is 12.6. The molecule has 0 fully saturated rings. The molecule has 0 saturated carbocycles. The highest BCUT2D eigenvalue weighted by Gasteiger charge is 2.16. The first-order chi connectivity index (χ1) is 10.2. The summed E-state index contributed by atoms with van der Waals surface area (Å²) in [6.07, 6.45) is 5.01. The maximum Gasteiger partial charge on any atom is 0.123 e. The molecule has 1 N–H and O–H groups in total. The van der Waals surface area contributed by atoms with Crippen molar-refractivity contribution >= 4 is 0 Å². The van der Waals surface area contributed by atoms with Crippen LogP contribution in [0.3, 0.4) is 0 Å². The third-order valence-corrected chi connectivity index (χ3v) is 3.79. The second kappa shape index (κ2) is 10.6. The summed E-state index contributed by atoms with van der Waals surface area (Å²) in [5, 5.41) is 3.66. The standard InChI is InChI=1S/C18H32N2O/c1-5-7-10-14-20(3)15-17(19-13-6-2)16-11-8-9-12-18(16)21-4/h8-9,11-12,17,19H,5-7,10,13-15H2,1-4H3. The van der Waals surface area contributed by atoms with Crippen LogP contribution < -0.4 is 10.1 Å². The Morgan fingerprint density at radius 1 is 1.14 bits per heavy atom. The van der Waals surface area contributed by atoms with Crippen molar-refractivity contribution in [3.05, 3.63) is 29.8 Å². The van der Waals surface area contributed by atoms with E-state index in [1.54, 1.807) is 7.11 Å². The van der Waals surface area contributed by atoms with Gasteiger partial charge in [-0.25, -0.2) is 0 Å². The van der Waals surface area contributed by atoms with Crippen LogP contribution in [0.15, 0.2) is 24.3 Å². The zero-order chi connectivity index (χ0) is 15.5. The van der Waals surface area contributed by atoms with Gasteiger partial charge in [0.2, 0.25) is 0 Å². The lowest BCUT2D eigenvalue weighted by molar-refractivity contribution is 0.280. The number of hydrogen-bond acceptors (Lipinski definition) is 3. The van der Waals surface area contributed by atoms with E-state index in [4.69, 9.17) is 4.74 Å². The highest BCUT2D eigenvalue weighted by atomic mass is 16.5. The van der Waals surface area contributed by atoms with Gasteiger partial charge in [0, 0.05) is 18.2 Å². The smallest absolute Gasteiger partial charge is 0.123 e. The zero-order valence-corrected chi connectivity index (χ0v) is 14.2. The third-order valence-electron chi connectivity index (χ3n) is 3.79. The fourth-order valence-corrected chi connectivity index (χ4v) is 2.58. The molecule has 0 aromatic heterocycles. The molecule has 120 valence electrons. The summed E-state index contributed by atoms with van der Waals surface area (Å²) in [6.45, 7) is 7.67. The number of nitrogens with one attached hydrogen (secondary N) is 1. The molecule has 0 radical (unpaired) electrons. The zero-order valence-electron chi connectivity index (χ0n) is 14.2. The lowest BCUT2D eigenvalue weighted by Gasteiger charge is -2.26. The number of para-hydroxylation sites is 1. The Hall–Kier alpha value is -1.06. The fourth-order valence-electron chi connectivity index (χ4n) is 2.58. The summed E-state index contributed by atoms with van der Waals surface area (Å²) < 4.78 is 5.53. The number of likely N-dealkylation sites (N-methyl/N-ethyl adjacent to an activating group) is 1. The van der Waals surface area contributed by atoms with E-state index in [0.717, 1.165) is 31.8 Å². The molecular formula is C18H32N2O. The van der Waals surface area contributed by atoms with E-state index in [2.05, 4.69) is 43.2 Å². The third kappa shape index (κ3) is 6.49.